The maximum atomic E-state index is 5.83. The molecule has 1 heterocycles. The quantitative estimate of drug-likeness (QED) is 0.905. The lowest BCUT2D eigenvalue weighted by atomic mass is 10.2. The Morgan fingerprint density at radius 3 is 2.41 bits per heavy atom. The molecule has 0 radical (unpaired) electrons. The van der Waals surface area contributed by atoms with Crippen LogP contribution in [-0.2, 0) is 0 Å². The molecule has 0 atom stereocenters. The summed E-state index contributed by atoms with van der Waals surface area (Å²) >= 11 is 5.83. The second-order valence-corrected chi connectivity index (χ2v) is 3.66. The van der Waals surface area contributed by atoms with Crippen LogP contribution in [0.15, 0.2) is 24.3 Å². The van der Waals surface area contributed by atoms with Crippen molar-refractivity contribution in [3.63, 3.8) is 0 Å². The van der Waals surface area contributed by atoms with Crippen molar-refractivity contribution in [2.24, 2.45) is 0 Å². The van der Waals surface area contributed by atoms with E-state index in [0.29, 0.717) is 16.8 Å². The fourth-order valence-electron chi connectivity index (χ4n) is 1.29. The van der Waals surface area contributed by atoms with Gasteiger partial charge >= 0.3 is 6.01 Å². The Labute approximate surface area is 104 Å². The lowest BCUT2D eigenvalue weighted by Crippen LogP contribution is -2.03. The highest BCUT2D eigenvalue weighted by Crippen LogP contribution is 2.20. The number of anilines is 1. The molecule has 0 saturated carbocycles. The maximum absolute atomic E-state index is 5.83. The highest BCUT2D eigenvalue weighted by Gasteiger charge is 2.07. The fourth-order valence-corrected chi connectivity index (χ4v) is 1.41. The molecule has 1 N–H and O–H groups in total. The van der Waals surface area contributed by atoms with Crippen molar-refractivity contribution in [3.05, 3.63) is 29.3 Å². The standard InChI is InChI=1S/C11H11ClN4O/c1-13-10-14-9(15-11(16-10)17-2)7-3-5-8(12)6-4-7/h3-6H,1-2H3,(H,13,14,15,16). The Morgan fingerprint density at radius 2 is 1.82 bits per heavy atom. The van der Waals surface area contributed by atoms with Gasteiger partial charge in [-0.05, 0) is 24.3 Å². The van der Waals surface area contributed by atoms with Crippen LogP contribution in [0.4, 0.5) is 5.95 Å². The van der Waals surface area contributed by atoms with Crippen molar-refractivity contribution in [2.75, 3.05) is 19.5 Å². The van der Waals surface area contributed by atoms with Gasteiger partial charge in [0.05, 0.1) is 7.11 Å². The zero-order chi connectivity index (χ0) is 12.3. The molecule has 2 aromatic rings. The van der Waals surface area contributed by atoms with Crippen LogP contribution in [0.5, 0.6) is 6.01 Å². The molecular formula is C11H11ClN4O. The Kier molecular flexibility index (Phi) is 3.39. The van der Waals surface area contributed by atoms with Crippen LogP contribution in [0, 0.1) is 0 Å². The van der Waals surface area contributed by atoms with E-state index in [9.17, 15) is 0 Å². The monoisotopic (exact) mass is 250 g/mol. The van der Waals surface area contributed by atoms with E-state index in [1.54, 1.807) is 19.2 Å². The van der Waals surface area contributed by atoms with Crippen molar-refractivity contribution in [3.8, 4) is 17.4 Å². The third kappa shape index (κ3) is 2.62. The zero-order valence-electron chi connectivity index (χ0n) is 9.44. The van der Waals surface area contributed by atoms with Gasteiger partial charge in [0.2, 0.25) is 5.95 Å². The molecule has 1 aromatic heterocycles. The van der Waals surface area contributed by atoms with Crippen LogP contribution >= 0.6 is 11.6 Å². The van der Waals surface area contributed by atoms with Crippen LogP contribution in [0.25, 0.3) is 11.4 Å². The summed E-state index contributed by atoms with van der Waals surface area (Å²) in [6.07, 6.45) is 0. The Hall–Kier alpha value is -1.88. The second-order valence-electron chi connectivity index (χ2n) is 3.23. The van der Waals surface area contributed by atoms with E-state index in [2.05, 4.69) is 20.3 Å². The summed E-state index contributed by atoms with van der Waals surface area (Å²) in [5.41, 5.74) is 0.853. The van der Waals surface area contributed by atoms with E-state index in [4.69, 9.17) is 16.3 Å². The normalized spacial score (nSPS) is 10.1. The van der Waals surface area contributed by atoms with E-state index < -0.39 is 0 Å². The minimum Gasteiger partial charge on any atom is -0.467 e. The molecule has 0 spiro atoms. The predicted octanol–water partition coefficient (Wildman–Crippen LogP) is 2.24. The summed E-state index contributed by atoms with van der Waals surface area (Å²) in [4.78, 5) is 12.4. The summed E-state index contributed by atoms with van der Waals surface area (Å²) in [6, 6.07) is 7.53. The Balaban J connectivity index is 2.46. The lowest BCUT2D eigenvalue weighted by molar-refractivity contribution is 0.379. The van der Waals surface area contributed by atoms with E-state index >= 15 is 0 Å². The number of halogens is 1. The molecule has 17 heavy (non-hydrogen) atoms. The van der Waals surface area contributed by atoms with Crippen LogP contribution in [0.2, 0.25) is 5.02 Å². The molecule has 0 aliphatic carbocycles. The predicted molar refractivity (Wildman–Crippen MR) is 66.4 cm³/mol. The molecule has 0 aliphatic rings. The van der Waals surface area contributed by atoms with Crippen LogP contribution in [0.1, 0.15) is 0 Å². The maximum Gasteiger partial charge on any atom is 0.321 e. The van der Waals surface area contributed by atoms with E-state index in [1.165, 1.54) is 7.11 Å². The van der Waals surface area contributed by atoms with Gasteiger partial charge in [0.25, 0.3) is 0 Å². The number of nitrogens with one attached hydrogen (secondary N) is 1. The molecule has 5 nitrogen and oxygen atoms in total. The third-order valence-corrected chi connectivity index (χ3v) is 2.38. The van der Waals surface area contributed by atoms with Gasteiger partial charge < -0.3 is 10.1 Å². The summed E-state index contributed by atoms with van der Waals surface area (Å²) in [6.45, 7) is 0. The zero-order valence-corrected chi connectivity index (χ0v) is 10.2. The molecule has 0 fully saturated rings. The molecule has 0 bridgehead atoms. The third-order valence-electron chi connectivity index (χ3n) is 2.12. The summed E-state index contributed by atoms with van der Waals surface area (Å²) in [7, 11) is 3.25. The van der Waals surface area contributed by atoms with Crippen LogP contribution < -0.4 is 10.1 Å². The first-order valence-corrected chi connectivity index (χ1v) is 5.34. The summed E-state index contributed by atoms with van der Waals surface area (Å²) in [5, 5.41) is 3.52. The van der Waals surface area contributed by atoms with Crippen molar-refractivity contribution < 1.29 is 4.74 Å². The van der Waals surface area contributed by atoms with Gasteiger partial charge in [-0.2, -0.15) is 15.0 Å². The van der Waals surface area contributed by atoms with Crippen molar-refractivity contribution in [2.45, 2.75) is 0 Å². The minimum atomic E-state index is 0.272. The van der Waals surface area contributed by atoms with Gasteiger partial charge in [-0.1, -0.05) is 11.6 Å². The molecular weight excluding hydrogens is 240 g/mol. The van der Waals surface area contributed by atoms with Gasteiger partial charge in [-0.25, -0.2) is 0 Å². The van der Waals surface area contributed by atoms with Gasteiger partial charge in [0.15, 0.2) is 5.82 Å². The number of hydrogen-bond donors (Lipinski definition) is 1. The lowest BCUT2D eigenvalue weighted by Gasteiger charge is -2.05. The number of ether oxygens (including phenoxy) is 1. The molecule has 88 valence electrons. The number of rotatable bonds is 3. The first-order valence-electron chi connectivity index (χ1n) is 4.96. The number of nitrogens with zero attached hydrogens (tertiary/aromatic N) is 3. The molecule has 0 amide bonds. The van der Waals surface area contributed by atoms with E-state index in [0.717, 1.165) is 5.56 Å². The average molecular weight is 251 g/mol. The smallest absolute Gasteiger partial charge is 0.321 e. The van der Waals surface area contributed by atoms with Crippen molar-refractivity contribution >= 4 is 17.5 Å². The molecule has 0 unspecified atom stereocenters. The topological polar surface area (TPSA) is 59.9 Å². The van der Waals surface area contributed by atoms with Gasteiger partial charge in [-0.3, -0.25) is 0 Å². The SMILES string of the molecule is CNc1nc(OC)nc(-c2ccc(Cl)cc2)n1. The minimum absolute atomic E-state index is 0.272. The molecule has 2 rings (SSSR count). The first kappa shape index (κ1) is 11.6. The van der Waals surface area contributed by atoms with Gasteiger partial charge in [0, 0.05) is 17.6 Å². The largest absolute Gasteiger partial charge is 0.467 e. The highest BCUT2D eigenvalue weighted by molar-refractivity contribution is 6.30. The molecule has 6 heteroatoms. The number of methoxy groups -OCH3 is 1. The van der Waals surface area contributed by atoms with Crippen LogP contribution in [-0.4, -0.2) is 29.1 Å². The fraction of sp³-hybridized carbons (Fsp3) is 0.182. The van der Waals surface area contributed by atoms with Crippen molar-refractivity contribution in [1.82, 2.24) is 15.0 Å². The van der Waals surface area contributed by atoms with Crippen LogP contribution in [0.3, 0.4) is 0 Å². The van der Waals surface area contributed by atoms with Gasteiger partial charge in [0.1, 0.15) is 0 Å². The van der Waals surface area contributed by atoms with E-state index in [1.807, 2.05) is 12.1 Å². The summed E-state index contributed by atoms with van der Waals surface area (Å²) < 4.78 is 5.01. The average Bonchev–Trinajstić information content (AvgIpc) is 2.39. The van der Waals surface area contributed by atoms with Gasteiger partial charge in [-0.15, -0.1) is 0 Å². The molecule has 0 saturated heterocycles. The van der Waals surface area contributed by atoms with Crippen molar-refractivity contribution in [1.29, 1.82) is 0 Å². The first-order chi connectivity index (χ1) is 8.22. The number of benzene rings is 1. The number of hydrogen-bond acceptors (Lipinski definition) is 5. The highest BCUT2D eigenvalue weighted by atomic mass is 35.5. The Bertz CT molecular complexity index is 493. The molecule has 0 aliphatic heterocycles. The number of aromatic nitrogens is 3. The summed E-state index contributed by atoms with van der Waals surface area (Å²) in [5.74, 6) is 1.000. The second kappa shape index (κ2) is 4.97. The molecule has 1 aromatic carbocycles. The Morgan fingerprint density at radius 1 is 1.12 bits per heavy atom. The van der Waals surface area contributed by atoms with E-state index in [-0.39, 0.29) is 6.01 Å².